The van der Waals surface area contributed by atoms with Crippen molar-refractivity contribution in [3.63, 3.8) is 0 Å². The van der Waals surface area contributed by atoms with E-state index >= 15 is 0 Å². The standard InChI is InChI=1S/C11H14FNO2/c1-6(2)9-4-8(13-7(3)14)5-10(12)11(9)15/h4-6,15H,1-3H3,(H,13,14). The van der Waals surface area contributed by atoms with E-state index in [1.54, 1.807) is 6.07 Å². The Hall–Kier alpha value is -1.58. The maximum absolute atomic E-state index is 13.2. The van der Waals surface area contributed by atoms with Crippen molar-refractivity contribution in [2.75, 3.05) is 5.32 Å². The highest BCUT2D eigenvalue weighted by molar-refractivity contribution is 5.88. The van der Waals surface area contributed by atoms with Crippen LogP contribution in [-0.4, -0.2) is 11.0 Å². The van der Waals surface area contributed by atoms with Crippen molar-refractivity contribution in [3.05, 3.63) is 23.5 Å². The van der Waals surface area contributed by atoms with E-state index in [0.717, 1.165) is 6.07 Å². The van der Waals surface area contributed by atoms with Gasteiger partial charge in [-0.3, -0.25) is 4.79 Å². The Labute approximate surface area is 87.9 Å². The summed E-state index contributed by atoms with van der Waals surface area (Å²) < 4.78 is 13.2. The zero-order valence-electron chi connectivity index (χ0n) is 8.97. The molecule has 0 heterocycles. The minimum atomic E-state index is -0.718. The second kappa shape index (κ2) is 4.29. The number of aromatic hydroxyl groups is 1. The van der Waals surface area contributed by atoms with Crippen molar-refractivity contribution < 1.29 is 14.3 Å². The molecule has 0 unspecified atom stereocenters. The number of anilines is 1. The average Bonchev–Trinajstić information content (AvgIpc) is 2.09. The summed E-state index contributed by atoms with van der Waals surface area (Å²) in [6.07, 6.45) is 0. The van der Waals surface area contributed by atoms with E-state index in [4.69, 9.17) is 0 Å². The van der Waals surface area contributed by atoms with E-state index in [2.05, 4.69) is 5.32 Å². The van der Waals surface area contributed by atoms with Crippen LogP contribution in [0.2, 0.25) is 0 Å². The third kappa shape index (κ3) is 2.68. The Morgan fingerprint density at radius 2 is 2.07 bits per heavy atom. The van der Waals surface area contributed by atoms with Gasteiger partial charge >= 0.3 is 0 Å². The second-order valence-corrected chi connectivity index (χ2v) is 3.73. The van der Waals surface area contributed by atoms with Crippen LogP contribution >= 0.6 is 0 Å². The second-order valence-electron chi connectivity index (χ2n) is 3.73. The van der Waals surface area contributed by atoms with Crippen LogP contribution in [0.1, 0.15) is 32.3 Å². The van der Waals surface area contributed by atoms with Crippen molar-refractivity contribution in [1.29, 1.82) is 0 Å². The minimum Gasteiger partial charge on any atom is -0.505 e. The Morgan fingerprint density at radius 3 is 2.53 bits per heavy atom. The molecular weight excluding hydrogens is 197 g/mol. The van der Waals surface area contributed by atoms with Gasteiger partial charge in [0.2, 0.25) is 5.91 Å². The number of carbonyl (C=O) groups excluding carboxylic acids is 1. The molecule has 0 fully saturated rings. The molecule has 1 aromatic rings. The molecule has 0 aliphatic rings. The molecule has 2 N–H and O–H groups in total. The summed E-state index contributed by atoms with van der Waals surface area (Å²) in [6, 6.07) is 2.67. The number of nitrogens with one attached hydrogen (secondary N) is 1. The maximum atomic E-state index is 13.2. The molecule has 4 heteroatoms. The molecule has 3 nitrogen and oxygen atoms in total. The molecule has 82 valence electrons. The third-order valence-electron chi connectivity index (χ3n) is 2.04. The Bertz CT molecular complexity index is 388. The Kier molecular flexibility index (Phi) is 3.29. The number of hydrogen-bond donors (Lipinski definition) is 2. The zero-order valence-corrected chi connectivity index (χ0v) is 8.97. The van der Waals surface area contributed by atoms with Crippen LogP contribution < -0.4 is 5.32 Å². The number of carbonyl (C=O) groups is 1. The van der Waals surface area contributed by atoms with E-state index in [0.29, 0.717) is 11.3 Å². The van der Waals surface area contributed by atoms with Gasteiger partial charge in [0, 0.05) is 24.2 Å². The molecule has 0 aliphatic carbocycles. The molecule has 0 bridgehead atoms. The maximum Gasteiger partial charge on any atom is 0.221 e. The van der Waals surface area contributed by atoms with Gasteiger partial charge in [-0.05, 0) is 12.0 Å². The molecule has 1 rings (SSSR count). The summed E-state index contributed by atoms with van der Waals surface area (Å²) in [6.45, 7) is 5.03. The van der Waals surface area contributed by atoms with Gasteiger partial charge in [0.1, 0.15) is 0 Å². The number of rotatable bonds is 2. The fourth-order valence-corrected chi connectivity index (χ4v) is 1.34. The van der Waals surface area contributed by atoms with Crippen LogP contribution in [-0.2, 0) is 4.79 Å². The molecule has 0 atom stereocenters. The lowest BCUT2D eigenvalue weighted by molar-refractivity contribution is -0.114. The van der Waals surface area contributed by atoms with Gasteiger partial charge in [-0.15, -0.1) is 0 Å². The topological polar surface area (TPSA) is 49.3 Å². The fraction of sp³-hybridized carbons (Fsp3) is 0.364. The summed E-state index contributed by atoms with van der Waals surface area (Å²) in [5, 5.41) is 11.9. The van der Waals surface area contributed by atoms with E-state index in [9.17, 15) is 14.3 Å². The Balaban J connectivity index is 3.17. The lowest BCUT2D eigenvalue weighted by atomic mass is 10.0. The third-order valence-corrected chi connectivity index (χ3v) is 2.04. The van der Waals surface area contributed by atoms with Crippen LogP contribution in [0.3, 0.4) is 0 Å². The van der Waals surface area contributed by atoms with Crippen LogP contribution in [0, 0.1) is 5.82 Å². The van der Waals surface area contributed by atoms with E-state index < -0.39 is 5.82 Å². The van der Waals surface area contributed by atoms with Crippen LogP contribution in [0.5, 0.6) is 5.75 Å². The molecule has 0 saturated heterocycles. The zero-order chi connectivity index (χ0) is 11.6. The van der Waals surface area contributed by atoms with Gasteiger partial charge in [-0.2, -0.15) is 0 Å². The monoisotopic (exact) mass is 211 g/mol. The number of amides is 1. The lowest BCUT2D eigenvalue weighted by Gasteiger charge is -2.11. The van der Waals surface area contributed by atoms with Crippen molar-refractivity contribution in [2.24, 2.45) is 0 Å². The summed E-state index contributed by atoms with van der Waals surface area (Å²) in [5.41, 5.74) is 0.847. The summed E-state index contributed by atoms with van der Waals surface area (Å²) in [4.78, 5) is 10.8. The van der Waals surface area contributed by atoms with Gasteiger partial charge in [0.25, 0.3) is 0 Å². The molecule has 0 radical (unpaired) electrons. The van der Waals surface area contributed by atoms with Gasteiger partial charge in [0.15, 0.2) is 11.6 Å². The van der Waals surface area contributed by atoms with E-state index in [1.807, 2.05) is 13.8 Å². The first-order valence-electron chi connectivity index (χ1n) is 4.71. The highest BCUT2D eigenvalue weighted by Crippen LogP contribution is 2.31. The highest BCUT2D eigenvalue weighted by atomic mass is 19.1. The molecule has 0 aliphatic heterocycles. The number of hydrogen-bond acceptors (Lipinski definition) is 2. The number of halogens is 1. The Morgan fingerprint density at radius 1 is 1.47 bits per heavy atom. The first-order valence-corrected chi connectivity index (χ1v) is 4.71. The van der Waals surface area contributed by atoms with Gasteiger partial charge < -0.3 is 10.4 Å². The predicted octanol–water partition coefficient (Wildman–Crippen LogP) is 2.61. The average molecular weight is 211 g/mol. The number of phenolic OH excluding ortho intramolecular Hbond substituents is 1. The summed E-state index contributed by atoms with van der Waals surface area (Å²) in [7, 11) is 0. The SMILES string of the molecule is CC(=O)Nc1cc(F)c(O)c(C(C)C)c1. The van der Waals surface area contributed by atoms with E-state index in [1.165, 1.54) is 6.92 Å². The molecule has 0 aromatic heterocycles. The highest BCUT2D eigenvalue weighted by Gasteiger charge is 2.12. The normalized spacial score (nSPS) is 10.5. The molecule has 0 spiro atoms. The van der Waals surface area contributed by atoms with Crippen molar-refractivity contribution in [3.8, 4) is 5.75 Å². The predicted molar refractivity (Wildman–Crippen MR) is 56.5 cm³/mol. The molecule has 0 saturated carbocycles. The summed E-state index contributed by atoms with van der Waals surface area (Å²) >= 11 is 0. The van der Waals surface area contributed by atoms with E-state index in [-0.39, 0.29) is 17.6 Å². The quantitative estimate of drug-likeness (QED) is 0.739. The molecule has 1 aromatic carbocycles. The smallest absolute Gasteiger partial charge is 0.221 e. The molecule has 1 amide bonds. The van der Waals surface area contributed by atoms with Gasteiger partial charge in [-0.25, -0.2) is 4.39 Å². The van der Waals surface area contributed by atoms with Gasteiger partial charge in [0.05, 0.1) is 0 Å². The largest absolute Gasteiger partial charge is 0.505 e. The van der Waals surface area contributed by atoms with Crippen molar-refractivity contribution in [1.82, 2.24) is 0 Å². The first kappa shape index (κ1) is 11.5. The minimum absolute atomic E-state index is 0.00629. The fourth-order valence-electron chi connectivity index (χ4n) is 1.34. The van der Waals surface area contributed by atoms with Crippen LogP contribution in [0.25, 0.3) is 0 Å². The lowest BCUT2D eigenvalue weighted by Crippen LogP contribution is -2.07. The van der Waals surface area contributed by atoms with Gasteiger partial charge in [-0.1, -0.05) is 13.8 Å². The number of phenols is 1. The van der Waals surface area contributed by atoms with Crippen molar-refractivity contribution in [2.45, 2.75) is 26.7 Å². The number of benzene rings is 1. The van der Waals surface area contributed by atoms with Crippen molar-refractivity contribution >= 4 is 11.6 Å². The van der Waals surface area contributed by atoms with Crippen LogP contribution in [0.15, 0.2) is 12.1 Å². The van der Waals surface area contributed by atoms with Crippen LogP contribution in [0.4, 0.5) is 10.1 Å². The first-order chi connectivity index (χ1) is 6.91. The summed E-state index contributed by atoms with van der Waals surface area (Å²) in [5.74, 6) is -1.34. The molecule has 15 heavy (non-hydrogen) atoms. The molecular formula is C11H14FNO2.